The van der Waals surface area contributed by atoms with Crippen molar-refractivity contribution in [3.05, 3.63) is 42.2 Å². The first kappa shape index (κ1) is 19.3. The topological polar surface area (TPSA) is 82.9 Å². The van der Waals surface area contributed by atoms with Gasteiger partial charge in [-0.05, 0) is 18.2 Å². The van der Waals surface area contributed by atoms with Crippen molar-refractivity contribution >= 4 is 0 Å². The van der Waals surface area contributed by atoms with Crippen LogP contribution in [0.25, 0.3) is 11.4 Å². The van der Waals surface area contributed by atoms with Crippen LogP contribution >= 0.6 is 0 Å². The average molecular weight is 348 g/mol. The van der Waals surface area contributed by atoms with E-state index in [2.05, 4.69) is 9.97 Å². The van der Waals surface area contributed by atoms with Crippen LogP contribution < -0.4 is 4.74 Å². The summed E-state index contributed by atoms with van der Waals surface area (Å²) in [6, 6.07) is 9.19. The summed E-state index contributed by atoms with van der Waals surface area (Å²) in [6.07, 6.45) is 1.63. The van der Waals surface area contributed by atoms with E-state index in [1.165, 1.54) is 0 Å². The Balaban J connectivity index is 1.72. The fourth-order valence-electron chi connectivity index (χ4n) is 2.03. The molecule has 0 aliphatic carbocycles. The second kappa shape index (κ2) is 11.5. The maximum Gasteiger partial charge on any atom is 0.159 e. The van der Waals surface area contributed by atoms with E-state index in [-0.39, 0.29) is 6.61 Å². The molecular formula is C18H24N2O5. The predicted octanol–water partition coefficient (Wildman–Crippen LogP) is 1.69. The van der Waals surface area contributed by atoms with Gasteiger partial charge in [0, 0.05) is 18.9 Å². The van der Waals surface area contributed by atoms with Gasteiger partial charge in [0.25, 0.3) is 0 Å². The Kier molecular flexibility index (Phi) is 8.85. The minimum atomic E-state index is -0.113. The highest BCUT2D eigenvalue weighted by atomic mass is 16.6. The molecule has 0 aliphatic rings. The van der Waals surface area contributed by atoms with Crippen LogP contribution in [-0.4, -0.2) is 61.8 Å². The number of rotatable bonds is 12. The second-order valence-corrected chi connectivity index (χ2v) is 5.12. The van der Waals surface area contributed by atoms with Crippen molar-refractivity contribution in [1.82, 2.24) is 9.97 Å². The van der Waals surface area contributed by atoms with Crippen LogP contribution in [0.4, 0.5) is 0 Å². The molecule has 0 radical (unpaired) electrons. The van der Waals surface area contributed by atoms with Gasteiger partial charge in [-0.1, -0.05) is 12.1 Å². The minimum Gasteiger partial charge on any atom is -0.491 e. The Morgan fingerprint density at radius 1 is 0.960 bits per heavy atom. The molecule has 0 saturated heterocycles. The van der Waals surface area contributed by atoms with Crippen LogP contribution in [0.3, 0.4) is 0 Å². The van der Waals surface area contributed by atoms with Crippen molar-refractivity contribution in [1.29, 1.82) is 0 Å². The Hall–Kier alpha value is -2.06. The molecule has 0 aliphatic heterocycles. The molecule has 7 nitrogen and oxygen atoms in total. The molecule has 25 heavy (non-hydrogen) atoms. The highest BCUT2D eigenvalue weighted by Crippen LogP contribution is 2.21. The second-order valence-electron chi connectivity index (χ2n) is 5.12. The molecule has 7 heteroatoms. The van der Waals surface area contributed by atoms with Crippen molar-refractivity contribution < 1.29 is 24.1 Å². The number of methoxy groups -OCH3 is 1. The number of hydrogen-bond acceptors (Lipinski definition) is 7. The van der Waals surface area contributed by atoms with Crippen molar-refractivity contribution in [2.24, 2.45) is 0 Å². The van der Waals surface area contributed by atoms with Crippen LogP contribution in [0.15, 0.2) is 36.5 Å². The number of nitrogens with zero attached hydrogens (tertiary/aromatic N) is 2. The normalized spacial score (nSPS) is 10.8. The van der Waals surface area contributed by atoms with Crippen molar-refractivity contribution in [3.8, 4) is 17.1 Å². The van der Waals surface area contributed by atoms with E-state index in [0.29, 0.717) is 51.2 Å². The van der Waals surface area contributed by atoms with Gasteiger partial charge in [0.1, 0.15) is 12.4 Å². The molecular weight excluding hydrogens is 324 g/mol. The van der Waals surface area contributed by atoms with Gasteiger partial charge in [0.05, 0.1) is 45.3 Å². The number of benzene rings is 1. The van der Waals surface area contributed by atoms with E-state index in [1.54, 1.807) is 19.4 Å². The number of aliphatic hydroxyl groups is 1. The maximum absolute atomic E-state index is 9.17. The predicted molar refractivity (Wildman–Crippen MR) is 92.4 cm³/mol. The van der Waals surface area contributed by atoms with Crippen LogP contribution in [0, 0.1) is 0 Å². The van der Waals surface area contributed by atoms with Gasteiger partial charge in [-0.3, -0.25) is 0 Å². The van der Waals surface area contributed by atoms with E-state index in [9.17, 15) is 0 Å². The first-order chi connectivity index (χ1) is 12.3. The smallest absolute Gasteiger partial charge is 0.159 e. The van der Waals surface area contributed by atoms with Crippen LogP contribution in [-0.2, 0) is 20.8 Å². The summed E-state index contributed by atoms with van der Waals surface area (Å²) in [5.41, 5.74) is 1.41. The van der Waals surface area contributed by atoms with E-state index >= 15 is 0 Å². The molecule has 2 aromatic rings. The quantitative estimate of drug-likeness (QED) is 0.585. The average Bonchev–Trinajstić information content (AvgIpc) is 2.67. The largest absolute Gasteiger partial charge is 0.491 e. The van der Waals surface area contributed by atoms with E-state index in [4.69, 9.17) is 24.1 Å². The van der Waals surface area contributed by atoms with Gasteiger partial charge in [-0.25, -0.2) is 9.97 Å². The minimum absolute atomic E-state index is 0.113. The maximum atomic E-state index is 9.17. The van der Waals surface area contributed by atoms with E-state index in [1.807, 2.05) is 24.3 Å². The summed E-state index contributed by atoms with van der Waals surface area (Å²) in [6.45, 7) is 3.03. The molecule has 2 rings (SSSR count). The van der Waals surface area contributed by atoms with Crippen LogP contribution in [0.2, 0.25) is 0 Å². The Morgan fingerprint density at radius 2 is 1.72 bits per heavy atom. The zero-order valence-electron chi connectivity index (χ0n) is 14.4. The number of aromatic nitrogens is 2. The highest BCUT2D eigenvalue weighted by Gasteiger charge is 2.04. The molecule has 0 unspecified atom stereocenters. The summed E-state index contributed by atoms with van der Waals surface area (Å²) >= 11 is 0. The number of aliphatic hydroxyl groups excluding tert-OH is 1. The highest BCUT2D eigenvalue weighted by molar-refractivity contribution is 5.57. The molecule has 0 bridgehead atoms. The van der Waals surface area contributed by atoms with E-state index < -0.39 is 0 Å². The zero-order chi connectivity index (χ0) is 17.7. The fourth-order valence-corrected chi connectivity index (χ4v) is 2.03. The van der Waals surface area contributed by atoms with Gasteiger partial charge < -0.3 is 24.1 Å². The van der Waals surface area contributed by atoms with Crippen molar-refractivity contribution in [3.63, 3.8) is 0 Å². The van der Waals surface area contributed by atoms with Crippen LogP contribution in [0.1, 0.15) is 5.69 Å². The SMILES string of the molecule is COCCOCCOCCOc1cccc(-c2nccc(CO)n2)c1. The van der Waals surface area contributed by atoms with Gasteiger partial charge in [-0.2, -0.15) is 0 Å². The fraction of sp³-hybridized carbons (Fsp3) is 0.444. The van der Waals surface area contributed by atoms with Gasteiger partial charge in [0.15, 0.2) is 5.82 Å². The Morgan fingerprint density at radius 3 is 2.48 bits per heavy atom. The Bertz CT molecular complexity index is 624. The lowest BCUT2D eigenvalue weighted by atomic mass is 10.2. The molecule has 1 N–H and O–H groups in total. The van der Waals surface area contributed by atoms with Crippen LogP contribution in [0.5, 0.6) is 5.75 Å². The zero-order valence-corrected chi connectivity index (χ0v) is 14.4. The summed E-state index contributed by atoms with van der Waals surface area (Å²) in [4.78, 5) is 8.51. The first-order valence-electron chi connectivity index (χ1n) is 8.14. The molecule has 1 aromatic heterocycles. The third kappa shape index (κ3) is 7.15. The molecule has 0 spiro atoms. The summed E-state index contributed by atoms with van der Waals surface area (Å²) < 4.78 is 21.3. The van der Waals surface area contributed by atoms with Gasteiger partial charge >= 0.3 is 0 Å². The molecule has 136 valence electrons. The molecule has 0 fully saturated rings. The molecule has 0 atom stereocenters. The Labute approximate surface area is 147 Å². The van der Waals surface area contributed by atoms with Crippen molar-refractivity contribution in [2.75, 3.05) is 46.8 Å². The van der Waals surface area contributed by atoms with Crippen molar-refractivity contribution in [2.45, 2.75) is 6.61 Å². The lowest BCUT2D eigenvalue weighted by molar-refractivity contribution is 0.0180. The number of hydrogen-bond donors (Lipinski definition) is 1. The summed E-state index contributed by atoms with van der Waals surface area (Å²) in [7, 11) is 1.64. The molecule has 1 heterocycles. The van der Waals surface area contributed by atoms with E-state index in [0.717, 1.165) is 11.3 Å². The van der Waals surface area contributed by atoms with Gasteiger partial charge in [0.2, 0.25) is 0 Å². The standard InChI is InChI=1S/C18H24N2O5/c1-22-7-8-23-9-10-24-11-12-25-17-4-2-3-15(13-17)18-19-6-5-16(14-21)20-18/h2-6,13,21H,7-12,14H2,1H3. The molecule has 1 aromatic carbocycles. The molecule has 0 saturated carbocycles. The summed E-state index contributed by atoms with van der Waals surface area (Å²) in [5, 5.41) is 9.17. The summed E-state index contributed by atoms with van der Waals surface area (Å²) in [5.74, 6) is 1.27. The monoisotopic (exact) mass is 348 g/mol. The number of ether oxygens (including phenoxy) is 4. The molecule has 0 amide bonds. The lowest BCUT2D eigenvalue weighted by Gasteiger charge is -2.09. The third-order valence-corrected chi connectivity index (χ3v) is 3.27. The third-order valence-electron chi connectivity index (χ3n) is 3.27. The first-order valence-corrected chi connectivity index (χ1v) is 8.14. The van der Waals surface area contributed by atoms with Gasteiger partial charge in [-0.15, -0.1) is 0 Å². The lowest BCUT2D eigenvalue weighted by Crippen LogP contribution is -2.12.